The van der Waals surface area contributed by atoms with E-state index < -0.39 is 0 Å². The smallest absolute Gasteiger partial charge is 0.192 e. The highest BCUT2D eigenvalue weighted by atomic mass is 35.5. The van der Waals surface area contributed by atoms with E-state index >= 15 is 0 Å². The highest BCUT2D eigenvalue weighted by Gasteiger charge is 2.16. The molecule has 0 N–H and O–H groups in total. The lowest BCUT2D eigenvalue weighted by molar-refractivity contribution is 0.485. The van der Waals surface area contributed by atoms with Gasteiger partial charge in [-0.2, -0.15) is 0 Å². The van der Waals surface area contributed by atoms with Gasteiger partial charge in [0, 0.05) is 21.4 Å². The highest BCUT2D eigenvalue weighted by Crippen LogP contribution is 2.30. The van der Waals surface area contributed by atoms with Gasteiger partial charge < -0.3 is 4.42 Å². The normalized spacial score (nSPS) is 11.0. The SMILES string of the molecule is Clc1ccc(CSc2nnc(-c3ccccc3)n2Cc2ccco2)c(Cl)c1. The van der Waals surface area contributed by atoms with Gasteiger partial charge in [0.25, 0.3) is 0 Å². The zero-order chi connectivity index (χ0) is 18.6. The summed E-state index contributed by atoms with van der Waals surface area (Å²) in [6.45, 7) is 0.556. The summed E-state index contributed by atoms with van der Waals surface area (Å²) in [4.78, 5) is 0. The van der Waals surface area contributed by atoms with E-state index in [2.05, 4.69) is 14.8 Å². The third-order valence-corrected chi connectivity index (χ3v) is 5.62. The van der Waals surface area contributed by atoms with Gasteiger partial charge in [0.05, 0.1) is 12.8 Å². The fourth-order valence-electron chi connectivity index (χ4n) is 2.68. The Morgan fingerprint density at radius 2 is 1.81 bits per heavy atom. The number of hydrogen-bond donors (Lipinski definition) is 0. The van der Waals surface area contributed by atoms with Crippen molar-refractivity contribution in [2.45, 2.75) is 17.5 Å². The lowest BCUT2D eigenvalue weighted by atomic mass is 10.2. The van der Waals surface area contributed by atoms with E-state index in [-0.39, 0.29) is 0 Å². The molecule has 0 aliphatic carbocycles. The van der Waals surface area contributed by atoms with Crippen LogP contribution < -0.4 is 0 Å². The van der Waals surface area contributed by atoms with Gasteiger partial charge in [0.2, 0.25) is 0 Å². The van der Waals surface area contributed by atoms with Crippen LogP contribution in [-0.2, 0) is 12.3 Å². The van der Waals surface area contributed by atoms with Gasteiger partial charge in [-0.25, -0.2) is 0 Å². The van der Waals surface area contributed by atoms with Crippen LogP contribution in [0.2, 0.25) is 10.0 Å². The van der Waals surface area contributed by atoms with Crippen LogP contribution in [0.25, 0.3) is 11.4 Å². The first kappa shape index (κ1) is 18.2. The zero-order valence-corrected chi connectivity index (χ0v) is 16.5. The van der Waals surface area contributed by atoms with Crippen molar-refractivity contribution in [1.82, 2.24) is 14.8 Å². The van der Waals surface area contributed by atoms with E-state index in [1.807, 2.05) is 54.6 Å². The van der Waals surface area contributed by atoms with Gasteiger partial charge in [0.15, 0.2) is 11.0 Å². The molecule has 0 atom stereocenters. The predicted octanol–water partition coefficient (Wildman–Crippen LogP) is 6.19. The van der Waals surface area contributed by atoms with Crippen molar-refractivity contribution in [1.29, 1.82) is 0 Å². The second-order valence-electron chi connectivity index (χ2n) is 5.86. The van der Waals surface area contributed by atoms with Crippen LogP contribution in [0, 0.1) is 0 Å². The van der Waals surface area contributed by atoms with Crippen molar-refractivity contribution in [2.24, 2.45) is 0 Å². The van der Waals surface area contributed by atoms with Crippen LogP contribution in [-0.4, -0.2) is 14.8 Å². The van der Waals surface area contributed by atoms with Gasteiger partial charge in [-0.15, -0.1) is 10.2 Å². The van der Waals surface area contributed by atoms with Crippen LogP contribution in [0.3, 0.4) is 0 Å². The van der Waals surface area contributed by atoms with Gasteiger partial charge in [0.1, 0.15) is 5.76 Å². The molecule has 7 heteroatoms. The van der Waals surface area contributed by atoms with Crippen molar-refractivity contribution in [3.8, 4) is 11.4 Å². The summed E-state index contributed by atoms with van der Waals surface area (Å²) >= 11 is 13.9. The average Bonchev–Trinajstić information content (AvgIpc) is 3.32. The summed E-state index contributed by atoms with van der Waals surface area (Å²) in [5, 5.41) is 10.9. The second kappa shape index (κ2) is 8.21. The van der Waals surface area contributed by atoms with Crippen molar-refractivity contribution in [3.63, 3.8) is 0 Å². The third-order valence-electron chi connectivity index (χ3n) is 4.01. The molecule has 0 aliphatic rings. The Morgan fingerprint density at radius 3 is 2.56 bits per heavy atom. The van der Waals surface area contributed by atoms with E-state index in [1.54, 1.807) is 24.1 Å². The summed E-state index contributed by atoms with van der Waals surface area (Å²) in [6, 6.07) is 19.3. The summed E-state index contributed by atoms with van der Waals surface area (Å²) in [5.41, 5.74) is 2.01. The van der Waals surface area contributed by atoms with E-state index in [9.17, 15) is 0 Å². The number of benzene rings is 2. The molecular weight excluding hydrogens is 401 g/mol. The topological polar surface area (TPSA) is 43.9 Å². The highest BCUT2D eigenvalue weighted by molar-refractivity contribution is 7.98. The number of furan rings is 1. The first-order valence-corrected chi connectivity index (χ1v) is 10.0. The summed E-state index contributed by atoms with van der Waals surface area (Å²) in [7, 11) is 0. The Kier molecular flexibility index (Phi) is 5.53. The minimum Gasteiger partial charge on any atom is -0.467 e. The number of nitrogens with zero attached hydrogens (tertiary/aromatic N) is 3. The fourth-order valence-corrected chi connectivity index (χ4v) is 4.17. The summed E-state index contributed by atoms with van der Waals surface area (Å²) < 4.78 is 7.58. The number of rotatable bonds is 6. The maximum Gasteiger partial charge on any atom is 0.192 e. The van der Waals surface area contributed by atoms with Crippen LogP contribution in [0.15, 0.2) is 76.5 Å². The molecule has 0 aliphatic heterocycles. The molecule has 0 fully saturated rings. The van der Waals surface area contributed by atoms with Crippen molar-refractivity contribution in [2.75, 3.05) is 0 Å². The Labute approximate surface area is 171 Å². The summed E-state index contributed by atoms with van der Waals surface area (Å²) in [5.74, 6) is 2.32. The minimum atomic E-state index is 0.556. The number of halogens is 2. The molecule has 0 saturated carbocycles. The van der Waals surface area contributed by atoms with E-state index in [1.165, 1.54) is 0 Å². The first-order chi connectivity index (χ1) is 13.2. The van der Waals surface area contributed by atoms with Crippen molar-refractivity contribution >= 4 is 35.0 Å². The maximum atomic E-state index is 6.30. The Morgan fingerprint density at radius 1 is 0.963 bits per heavy atom. The van der Waals surface area contributed by atoms with Crippen LogP contribution in [0.4, 0.5) is 0 Å². The van der Waals surface area contributed by atoms with E-state index in [4.69, 9.17) is 27.6 Å². The predicted molar refractivity (Wildman–Crippen MR) is 109 cm³/mol. The Bertz CT molecular complexity index is 1030. The maximum absolute atomic E-state index is 6.30. The van der Waals surface area contributed by atoms with Gasteiger partial charge in [-0.1, -0.05) is 71.4 Å². The number of hydrogen-bond acceptors (Lipinski definition) is 4. The van der Waals surface area contributed by atoms with Crippen molar-refractivity contribution in [3.05, 3.63) is 88.3 Å². The van der Waals surface area contributed by atoms with Crippen LogP contribution in [0.1, 0.15) is 11.3 Å². The number of thioether (sulfide) groups is 1. The molecule has 0 bridgehead atoms. The molecule has 0 radical (unpaired) electrons. The van der Waals surface area contributed by atoms with Gasteiger partial charge in [-0.3, -0.25) is 4.57 Å². The van der Waals surface area contributed by atoms with Gasteiger partial charge >= 0.3 is 0 Å². The van der Waals surface area contributed by atoms with E-state index in [0.717, 1.165) is 27.9 Å². The minimum absolute atomic E-state index is 0.556. The summed E-state index contributed by atoms with van der Waals surface area (Å²) in [6.07, 6.45) is 1.67. The standard InChI is InChI=1S/C20H15Cl2N3OS/c21-16-9-8-15(18(22)11-16)13-27-20-24-23-19(14-5-2-1-3-6-14)25(20)12-17-7-4-10-26-17/h1-11H,12-13H2. The second-order valence-corrected chi connectivity index (χ2v) is 7.65. The molecular formula is C20H15Cl2N3OS. The first-order valence-electron chi connectivity index (χ1n) is 8.28. The molecule has 2 heterocycles. The number of aromatic nitrogens is 3. The molecule has 0 unspecified atom stereocenters. The Hall–Kier alpha value is -2.21. The zero-order valence-electron chi connectivity index (χ0n) is 14.2. The van der Waals surface area contributed by atoms with Crippen LogP contribution >= 0.6 is 35.0 Å². The monoisotopic (exact) mass is 415 g/mol. The molecule has 0 spiro atoms. The average molecular weight is 416 g/mol. The molecule has 27 heavy (non-hydrogen) atoms. The molecule has 0 amide bonds. The molecule has 2 aromatic heterocycles. The quantitative estimate of drug-likeness (QED) is 0.352. The van der Waals surface area contributed by atoms with Crippen LogP contribution in [0.5, 0.6) is 0 Å². The fraction of sp³-hybridized carbons (Fsp3) is 0.100. The van der Waals surface area contributed by atoms with Gasteiger partial charge in [-0.05, 0) is 29.8 Å². The largest absolute Gasteiger partial charge is 0.467 e. The molecule has 2 aromatic carbocycles. The lowest BCUT2D eigenvalue weighted by Gasteiger charge is -2.09. The molecule has 4 aromatic rings. The lowest BCUT2D eigenvalue weighted by Crippen LogP contribution is -2.03. The molecule has 4 nitrogen and oxygen atoms in total. The molecule has 0 saturated heterocycles. The Balaban J connectivity index is 1.64. The molecule has 136 valence electrons. The molecule has 4 rings (SSSR count). The third kappa shape index (κ3) is 4.21. The van der Waals surface area contributed by atoms with E-state index in [0.29, 0.717) is 22.3 Å². The van der Waals surface area contributed by atoms with Crippen molar-refractivity contribution < 1.29 is 4.42 Å².